The number of carbonyl (C=O) groups is 1. The van der Waals surface area contributed by atoms with Crippen LogP contribution in [-0.4, -0.2) is 17.9 Å². The van der Waals surface area contributed by atoms with Gasteiger partial charge in [0.1, 0.15) is 0 Å². The third kappa shape index (κ3) is 0.734. The topological polar surface area (TPSA) is 20.3 Å². The molecular formula is C5H8NO. The first-order valence-corrected chi connectivity index (χ1v) is 2.39. The van der Waals surface area contributed by atoms with E-state index in [1.807, 2.05) is 6.54 Å². The van der Waals surface area contributed by atoms with E-state index in [9.17, 15) is 4.79 Å². The highest BCUT2D eigenvalue weighted by molar-refractivity contribution is 5.78. The van der Waals surface area contributed by atoms with Crippen molar-refractivity contribution in [1.29, 1.82) is 0 Å². The number of hydrogen-bond donors (Lipinski definition) is 0. The Labute approximate surface area is 43.1 Å². The van der Waals surface area contributed by atoms with Crippen molar-refractivity contribution in [2.75, 3.05) is 7.05 Å². The fraction of sp³-hybridized carbons (Fsp3) is 0.600. The molecule has 2 nitrogen and oxygen atoms in total. The van der Waals surface area contributed by atoms with Crippen molar-refractivity contribution in [2.45, 2.75) is 12.8 Å². The monoisotopic (exact) mass is 98.1 g/mol. The van der Waals surface area contributed by atoms with Crippen LogP contribution in [0, 0.1) is 6.54 Å². The van der Waals surface area contributed by atoms with Gasteiger partial charge in [0.2, 0.25) is 5.91 Å². The van der Waals surface area contributed by atoms with E-state index in [0.29, 0.717) is 6.42 Å². The number of likely N-dealkylation sites (tertiary alicyclic amines) is 1. The summed E-state index contributed by atoms with van der Waals surface area (Å²) >= 11 is 0. The molecule has 1 saturated heterocycles. The molecule has 1 aliphatic rings. The maximum absolute atomic E-state index is 10.5. The third-order valence-electron chi connectivity index (χ3n) is 1.15. The Balaban J connectivity index is 2.48. The van der Waals surface area contributed by atoms with Gasteiger partial charge < -0.3 is 4.90 Å². The van der Waals surface area contributed by atoms with Crippen molar-refractivity contribution in [1.82, 2.24) is 4.90 Å². The molecule has 0 bridgehead atoms. The molecule has 0 spiro atoms. The van der Waals surface area contributed by atoms with Gasteiger partial charge >= 0.3 is 0 Å². The second kappa shape index (κ2) is 1.52. The van der Waals surface area contributed by atoms with Crippen molar-refractivity contribution in [2.24, 2.45) is 0 Å². The summed E-state index contributed by atoms with van der Waals surface area (Å²) in [6.07, 6.45) is 1.63. The Morgan fingerprint density at radius 2 is 2.57 bits per heavy atom. The molecule has 0 N–H and O–H groups in total. The van der Waals surface area contributed by atoms with Crippen molar-refractivity contribution >= 4 is 5.91 Å². The van der Waals surface area contributed by atoms with E-state index in [-0.39, 0.29) is 5.91 Å². The van der Waals surface area contributed by atoms with Crippen LogP contribution in [0.3, 0.4) is 0 Å². The van der Waals surface area contributed by atoms with Gasteiger partial charge in [-0.25, -0.2) is 0 Å². The van der Waals surface area contributed by atoms with Crippen molar-refractivity contribution < 1.29 is 4.79 Å². The van der Waals surface area contributed by atoms with Crippen LogP contribution < -0.4 is 0 Å². The molecule has 0 aliphatic carbocycles. The van der Waals surface area contributed by atoms with Crippen LogP contribution in [0.1, 0.15) is 12.8 Å². The molecule has 0 saturated carbocycles. The molecule has 1 amide bonds. The Hall–Kier alpha value is -0.530. The van der Waals surface area contributed by atoms with Crippen LogP contribution in [0.15, 0.2) is 0 Å². The van der Waals surface area contributed by atoms with Crippen LogP contribution in [0.5, 0.6) is 0 Å². The molecule has 0 aromatic heterocycles. The lowest BCUT2D eigenvalue weighted by atomic mass is 10.4. The first kappa shape index (κ1) is 4.62. The van der Waals surface area contributed by atoms with E-state index < -0.39 is 0 Å². The van der Waals surface area contributed by atoms with Gasteiger partial charge in [-0.2, -0.15) is 0 Å². The lowest BCUT2D eigenvalue weighted by molar-refractivity contribution is -0.125. The van der Waals surface area contributed by atoms with E-state index in [1.165, 1.54) is 0 Å². The highest BCUT2D eigenvalue weighted by Gasteiger charge is 2.14. The average Bonchev–Trinajstić information content (AvgIpc) is 1.91. The molecule has 1 aliphatic heterocycles. The van der Waals surface area contributed by atoms with Gasteiger partial charge in [-0.3, -0.25) is 4.79 Å². The summed E-state index contributed by atoms with van der Waals surface area (Å²) in [4.78, 5) is 12.1. The Morgan fingerprint density at radius 1 is 1.86 bits per heavy atom. The van der Waals surface area contributed by atoms with Gasteiger partial charge in [0.05, 0.1) is 6.54 Å². The molecule has 1 rings (SSSR count). The molecule has 7 heavy (non-hydrogen) atoms. The number of hydrogen-bond acceptors (Lipinski definition) is 1. The SMILES string of the molecule is CN1[CH]CCC1=O. The van der Waals surface area contributed by atoms with Crippen molar-refractivity contribution in [3.8, 4) is 0 Å². The minimum absolute atomic E-state index is 0.236. The van der Waals surface area contributed by atoms with Gasteiger partial charge in [-0.1, -0.05) is 0 Å². The summed E-state index contributed by atoms with van der Waals surface area (Å²) in [5.74, 6) is 0.236. The maximum Gasteiger partial charge on any atom is 0.222 e. The Kier molecular flexibility index (Phi) is 1.01. The van der Waals surface area contributed by atoms with Crippen LogP contribution >= 0.6 is 0 Å². The number of amides is 1. The normalized spacial score (nSPS) is 21.3. The predicted octanol–water partition coefficient (Wildman–Crippen LogP) is 0.400. The minimum atomic E-state index is 0.236. The van der Waals surface area contributed by atoms with E-state index in [0.717, 1.165) is 6.42 Å². The highest BCUT2D eigenvalue weighted by atomic mass is 16.2. The molecule has 0 aromatic rings. The summed E-state index contributed by atoms with van der Waals surface area (Å²) in [5, 5.41) is 0. The molecule has 1 fully saturated rings. The number of carbonyl (C=O) groups excluding carboxylic acids is 1. The molecule has 1 heterocycles. The van der Waals surface area contributed by atoms with Crippen LogP contribution in [0.25, 0.3) is 0 Å². The molecule has 2 heteroatoms. The number of nitrogens with zero attached hydrogens (tertiary/aromatic N) is 1. The standard InChI is InChI=1S/C5H8NO/c1-6-4-2-3-5(6)7/h4H,2-3H2,1H3. The molecule has 0 aromatic carbocycles. The maximum atomic E-state index is 10.5. The van der Waals surface area contributed by atoms with Crippen molar-refractivity contribution in [3.05, 3.63) is 6.54 Å². The zero-order chi connectivity index (χ0) is 5.28. The fourth-order valence-corrected chi connectivity index (χ4v) is 0.660. The van der Waals surface area contributed by atoms with E-state index in [4.69, 9.17) is 0 Å². The van der Waals surface area contributed by atoms with Crippen LogP contribution in [0.2, 0.25) is 0 Å². The van der Waals surface area contributed by atoms with E-state index in [1.54, 1.807) is 11.9 Å². The Bertz CT molecular complexity index is 90.1. The first-order chi connectivity index (χ1) is 3.30. The van der Waals surface area contributed by atoms with Gasteiger partial charge in [0.25, 0.3) is 0 Å². The molecule has 0 atom stereocenters. The smallest absolute Gasteiger partial charge is 0.222 e. The molecule has 1 radical (unpaired) electrons. The highest BCUT2D eigenvalue weighted by Crippen LogP contribution is 2.09. The van der Waals surface area contributed by atoms with Gasteiger partial charge in [0.15, 0.2) is 0 Å². The average molecular weight is 98.1 g/mol. The molecule has 39 valence electrons. The second-order valence-corrected chi connectivity index (χ2v) is 1.73. The largest absolute Gasteiger partial charge is 0.341 e. The first-order valence-electron chi connectivity index (χ1n) is 2.39. The zero-order valence-electron chi connectivity index (χ0n) is 4.35. The summed E-state index contributed by atoms with van der Waals surface area (Å²) in [5.41, 5.74) is 0. The van der Waals surface area contributed by atoms with Gasteiger partial charge in [-0.05, 0) is 6.42 Å². The quantitative estimate of drug-likeness (QED) is 0.429. The van der Waals surface area contributed by atoms with Gasteiger partial charge in [0, 0.05) is 13.5 Å². The number of rotatable bonds is 0. The summed E-state index contributed by atoms with van der Waals surface area (Å²) < 4.78 is 0. The summed E-state index contributed by atoms with van der Waals surface area (Å²) in [6, 6.07) is 0. The lowest BCUT2D eigenvalue weighted by Crippen LogP contribution is -2.14. The van der Waals surface area contributed by atoms with Gasteiger partial charge in [-0.15, -0.1) is 0 Å². The van der Waals surface area contributed by atoms with E-state index in [2.05, 4.69) is 0 Å². The summed E-state index contributed by atoms with van der Waals surface area (Å²) in [7, 11) is 1.79. The van der Waals surface area contributed by atoms with Crippen molar-refractivity contribution in [3.63, 3.8) is 0 Å². The predicted molar refractivity (Wildman–Crippen MR) is 26.3 cm³/mol. The second-order valence-electron chi connectivity index (χ2n) is 1.73. The van der Waals surface area contributed by atoms with Crippen LogP contribution in [0.4, 0.5) is 0 Å². The third-order valence-corrected chi connectivity index (χ3v) is 1.15. The van der Waals surface area contributed by atoms with Crippen LogP contribution in [-0.2, 0) is 4.79 Å². The Morgan fingerprint density at radius 3 is 2.71 bits per heavy atom. The summed E-state index contributed by atoms with van der Waals surface area (Å²) in [6.45, 7) is 1.91. The fourth-order valence-electron chi connectivity index (χ4n) is 0.660. The molecule has 0 unspecified atom stereocenters. The molecular weight excluding hydrogens is 90.1 g/mol. The lowest BCUT2D eigenvalue weighted by Gasteiger charge is -2.02. The zero-order valence-corrected chi connectivity index (χ0v) is 4.35. The van der Waals surface area contributed by atoms with E-state index >= 15 is 0 Å². The minimum Gasteiger partial charge on any atom is -0.341 e.